The zero-order valence-corrected chi connectivity index (χ0v) is 10.6. The van der Waals surface area contributed by atoms with Crippen LogP contribution in [-0.4, -0.2) is 11.9 Å². The topological polar surface area (TPSA) is 52.6 Å². The van der Waals surface area contributed by atoms with Crippen molar-refractivity contribution >= 4 is 11.9 Å². The summed E-state index contributed by atoms with van der Waals surface area (Å²) in [5, 5.41) is 0. The van der Waals surface area contributed by atoms with Gasteiger partial charge >= 0.3 is 11.9 Å². The average Bonchev–Trinajstić information content (AvgIpc) is 3.13. The van der Waals surface area contributed by atoms with Gasteiger partial charge in [-0.1, -0.05) is 18.6 Å². The molecule has 2 aliphatic rings. The molecule has 100 valence electrons. The van der Waals surface area contributed by atoms with Crippen LogP contribution in [0.15, 0.2) is 24.3 Å². The summed E-state index contributed by atoms with van der Waals surface area (Å²) >= 11 is 0. The van der Waals surface area contributed by atoms with Crippen LogP contribution in [0.3, 0.4) is 0 Å². The summed E-state index contributed by atoms with van der Waals surface area (Å²) in [6.07, 6.45) is 4.65. The molecule has 1 aromatic rings. The Balaban J connectivity index is 1.68. The Bertz CT molecular complexity index is 501. The van der Waals surface area contributed by atoms with E-state index in [-0.39, 0.29) is 23.8 Å². The first kappa shape index (κ1) is 12.2. The fourth-order valence-corrected chi connectivity index (χ4v) is 1.97. The zero-order chi connectivity index (χ0) is 13.2. The number of hydrogen-bond acceptors (Lipinski definition) is 4. The van der Waals surface area contributed by atoms with Crippen LogP contribution in [0.25, 0.3) is 0 Å². The molecule has 3 rings (SSSR count). The molecule has 0 atom stereocenters. The van der Waals surface area contributed by atoms with Crippen LogP contribution < -0.4 is 9.47 Å². The van der Waals surface area contributed by atoms with Crippen molar-refractivity contribution in [1.82, 2.24) is 0 Å². The molecule has 4 nitrogen and oxygen atoms in total. The first-order valence-corrected chi connectivity index (χ1v) is 6.76. The van der Waals surface area contributed by atoms with Crippen molar-refractivity contribution in [1.29, 1.82) is 0 Å². The molecule has 0 N–H and O–H groups in total. The van der Waals surface area contributed by atoms with Gasteiger partial charge < -0.3 is 9.47 Å². The first-order chi connectivity index (χ1) is 9.24. The van der Waals surface area contributed by atoms with E-state index in [0.717, 1.165) is 32.1 Å². The SMILES string of the molecule is O=C(Oc1ccccc1OC(=O)C1CC1)C1CCC1. The van der Waals surface area contributed by atoms with Gasteiger partial charge in [0.05, 0.1) is 11.8 Å². The van der Waals surface area contributed by atoms with Crippen molar-refractivity contribution in [3.05, 3.63) is 24.3 Å². The molecule has 0 bridgehead atoms. The van der Waals surface area contributed by atoms with Crippen LogP contribution in [0, 0.1) is 11.8 Å². The molecule has 0 unspecified atom stereocenters. The van der Waals surface area contributed by atoms with E-state index in [2.05, 4.69) is 0 Å². The number of benzene rings is 1. The average molecular weight is 260 g/mol. The van der Waals surface area contributed by atoms with Crippen LogP contribution in [0.2, 0.25) is 0 Å². The third-order valence-electron chi connectivity index (χ3n) is 3.62. The minimum atomic E-state index is -0.229. The molecule has 0 radical (unpaired) electrons. The Hall–Kier alpha value is -1.84. The smallest absolute Gasteiger partial charge is 0.314 e. The summed E-state index contributed by atoms with van der Waals surface area (Å²) in [5.41, 5.74) is 0. The number of ether oxygens (including phenoxy) is 2. The molecule has 0 amide bonds. The van der Waals surface area contributed by atoms with Crippen molar-refractivity contribution in [3.63, 3.8) is 0 Å². The summed E-state index contributed by atoms with van der Waals surface area (Å²) in [4.78, 5) is 23.5. The van der Waals surface area contributed by atoms with Crippen LogP contribution >= 0.6 is 0 Å². The maximum atomic E-state index is 11.8. The Morgan fingerprint density at radius 3 is 1.68 bits per heavy atom. The molecule has 0 aliphatic heterocycles. The summed E-state index contributed by atoms with van der Waals surface area (Å²) in [6.45, 7) is 0. The standard InChI is InChI=1S/C15H16O4/c16-14(10-4-3-5-10)18-12-6-1-2-7-13(12)19-15(17)11-8-9-11/h1-2,6-7,10-11H,3-5,8-9H2. The van der Waals surface area contributed by atoms with Crippen molar-refractivity contribution in [2.24, 2.45) is 11.8 Å². The molecule has 19 heavy (non-hydrogen) atoms. The van der Waals surface area contributed by atoms with E-state index in [4.69, 9.17) is 9.47 Å². The summed E-state index contributed by atoms with van der Waals surface area (Å²) in [5.74, 6) is 0.261. The quantitative estimate of drug-likeness (QED) is 0.617. The number of carbonyl (C=O) groups excluding carboxylic acids is 2. The number of esters is 2. The lowest BCUT2D eigenvalue weighted by Gasteiger charge is -2.23. The fourth-order valence-electron chi connectivity index (χ4n) is 1.97. The molecule has 2 fully saturated rings. The van der Waals surface area contributed by atoms with E-state index >= 15 is 0 Å². The zero-order valence-electron chi connectivity index (χ0n) is 10.6. The van der Waals surface area contributed by atoms with E-state index in [0.29, 0.717) is 11.5 Å². The number of para-hydroxylation sites is 2. The van der Waals surface area contributed by atoms with Gasteiger partial charge in [0.1, 0.15) is 0 Å². The second-order valence-corrected chi connectivity index (χ2v) is 5.19. The van der Waals surface area contributed by atoms with Crippen molar-refractivity contribution in [3.8, 4) is 11.5 Å². The highest BCUT2D eigenvalue weighted by atomic mass is 16.6. The van der Waals surface area contributed by atoms with Gasteiger partial charge in [-0.25, -0.2) is 0 Å². The second-order valence-electron chi connectivity index (χ2n) is 5.19. The van der Waals surface area contributed by atoms with Crippen molar-refractivity contribution < 1.29 is 19.1 Å². The third kappa shape index (κ3) is 2.78. The molecule has 0 spiro atoms. The molecular weight excluding hydrogens is 244 g/mol. The lowest BCUT2D eigenvalue weighted by Crippen LogP contribution is -2.26. The van der Waals surface area contributed by atoms with Crippen LogP contribution in [0.1, 0.15) is 32.1 Å². The van der Waals surface area contributed by atoms with Crippen molar-refractivity contribution in [2.45, 2.75) is 32.1 Å². The second kappa shape index (κ2) is 5.03. The summed E-state index contributed by atoms with van der Waals surface area (Å²) < 4.78 is 10.6. The third-order valence-corrected chi connectivity index (χ3v) is 3.62. The van der Waals surface area contributed by atoms with Gasteiger partial charge in [0.2, 0.25) is 0 Å². The van der Waals surface area contributed by atoms with Gasteiger partial charge in [0.15, 0.2) is 11.5 Å². The Labute approximate surface area is 111 Å². The van der Waals surface area contributed by atoms with Gasteiger partial charge in [0, 0.05) is 0 Å². The highest BCUT2D eigenvalue weighted by molar-refractivity contribution is 5.80. The molecule has 2 aliphatic carbocycles. The molecule has 0 saturated heterocycles. The minimum absolute atomic E-state index is 0.00666. The minimum Gasteiger partial charge on any atom is -0.422 e. The van der Waals surface area contributed by atoms with E-state index < -0.39 is 0 Å². The number of carbonyl (C=O) groups is 2. The monoisotopic (exact) mass is 260 g/mol. The molecular formula is C15H16O4. The molecule has 0 heterocycles. The van der Waals surface area contributed by atoms with Crippen molar-refractivity contribution in [2.75, 3.05) is 0 Å². The molecule has 2 saturated carbocycles. The van der Waals surface area contributed by atoms with Gasteiger partial charge in [-0.05, 0) is 37.8 Å². The number of hydrogen-bond donors (Lipinski definition) is 0. The van der Waals surface area contributed by atoms with Gasteiger partial charge in [-0.15, -0.1) is 0 Å². The highest BCUT2D eigenvalue weighted by Gasteiger charge is 2.32. The van der Waals surface area contributed by atoms with E-state index in [1.165, 1.54) is 0 Å². The highest BCUT2D eigenvalue weighted by Crippen LogP contribution is 2.35. The molecule has 1 aromatic carbocycles. The van der Waals surface area contributed by atoms with Crippen LogP contribution in [0.4, 0.5) is 0 Å². The van der Waals surface area contributed by atoms with Gasteiger partial charge in [0.25, 0.3) is 0 Å². The van der Waals surface area contributed by atoms with Gasteiger partial charge in [-0.2, -0.15) is 0 Å². The van der Waals surface area contributed by atoms with Crippen LogP contribution in [0.5, 0.6) is 11.5 Å². The van der Waals surface area contributed by atoms with Crippen LogP contribution in [-0.2, 0) is 9.59 Å². The normalized spacial score (nSPS) is 18.5. The first-order valence-electron chi connectivity index (χ1n) is 6.76. The van der Waals surface area contributed by atoms with E-state index in [9.17, 15) is 9.59 Å². The maximum absolute atomic E-state index is 11.8. The Morgan fingerprint density at radius 2 is 1.32 bits per heavy atom. The lowest BCUT2D eigenvalue weighted by molar-refractivity contribution is -0.142. The summed E-state index contributed by atoms with van der Waals surface area (Å²) in [6, 6.07) is 6.84. The number of rotatable bonds is 4. The predicted molar refractivity (Wildman–Crippen MR) is 67.8 cm³/mol. The van der Waals surface area contributed by atoms with Gasteiger partial charge in [-0.3, -0.25) is 9.59 Å². The largest absolute Gasteiger partial charge is 0.422 e. The fraction of sp³-hybridized carbons (Fsp3) is 0.467. The summed E-state index contributed by atoms with van der Waals surface area (Å²) in [7, 11) is 0. The maximum Gasteiger partial charge on any atom is 0.314 e. The Morgan fingerprint density at radius 1 is 0.842 bits per heavy atom. The lowest BCUT2D eigenvalue weighted by atomic mass is 9.86. The predicted octanol–water partition coefficient (Wildman–Crippen LogP) is 2.71. The van der Waals surface area contributed by atoms with E-state index in [1.807, 2.05) is 0 Å². The molecule has 4 heteroatoms. The van der Waals surface area contributed by atoms with E-state index in [1.54, 1.807) is 24.3 Å². The molecule has 0 aromatic heterocycles. The Kier molecular flexibility index (Phi) is 3.23.